The van der Waals surface area contributed by atoms with E-state index < -0.39 is 5.97 Å². The Morgan fingerprint density at radius 2 is 1.92 bits per heavy atom. The summed E-state index contributed by atoms with van der Waals surface area (Å²) in [5.74, 6) is -0.199. The molecule has 0 radical (unpaired) electrons. The van der Waals surface area contributed by atoms with Crippen LogP contribution in [0.5, 0.6) is 0 Å². The fraction of sp³-hybridized carbons (Fsp3) is 0.500. The molecule has 1 heterocycles. The Labute approximate surface area is 142 Å². The standard InChI is InChI=1S/C18H24N2O4/c1-13-5-4-10-19(11-13)17(22)12-20(14(2)21)16-8-6-15(7-9-16)18(23)24-3/h6-9,13H,4-5,10-12H2,1-3H3. The van der Waals surface area contributed by atoms with Gasteiger partial charge in [0, 0.05) is 25.7 Å². The van der Waals surface area contributed by atoms with Gasteiger partial charge < -0.3 is 14.5 Å². The van der Waals surface area contributed by atoms with Crippen LogP contribution in [0.25, 0.3) is 0 Å². The average Bonchev–Trinajstić information content (AvgIpc) is 2.58. The molecule has 24 heavy (non-hydrogen) atoms. The maximum atomic E-state index is 12.5. The molecule has 0 saturated carbocycles. The van der Waals surface area contributed by atoms with Gasteiger partial charge in [-0.05, 0) is 43.0 Å². The molecule has 1 aliphatic rings. The van der Waals surface area contributed by atoms with Gasteiger partial charge in [0.2, 0.25) is 11.8 Å². The zero-order chi connectivity index (χ0) is 17.7. The largest absolute Gasteiger partial charge is 0.465 e. The van der Waals surface area contributed by atoms with E-state index in [0.717, 1.165) is 25.9 Å². The first-order chi connectivity index (χ1) is 11.4. The topological polar surface area (TPSA) is 66.9 Å². The van der Waals surface area contributed by atoms with Crippen LogP contribution in [0.3, 0.4) is 0 Å². The van der Waals surface area contributed by atoms with Crippen LogP contribution in [-0.4, -0.2) is 49.4 Å². The van der Waals surface area contributed by atoms with Gasteiger partial charge in [-0.15, -0.1) is 0 Å². The van der Waals surface area contributed by atoms with Crippen LogP contribution in [0.1, 0.15) is 37.0 Å². The van der Waals surface area contributed by atoms with E-state index in [1.54, 1.807) is 24.3 Å². The van der Waals surface area contributed by atoms with Gasteiger partial charge in [-0.25, -0.2) is 4.79 Å². The molecule has 2 amide bonds. The van der Waals surface area contributed by atoms with Gasteiger partial charge in [0.15, 0.2) is 0 Å². The number of carbonyl (C=O) groups is 3. The number of hydrogen-bond acceptors (Lipinski definition) is 4. The maximum Gasteiger partial charge on any atom is 0.337 e. The van der Waals surface area contributed by atoms with Crippen molar-refractivity contribution < 1.29 is 19.1 Å². The van der Waals surface area contributed by atoms with Crippen LogP contribution < -0.4 is 4.90 Å². The predicted octanol–water partition coefficient (Wildman–Crippen LogP) is 2.08. The van der Waals surface area contributed by atoms with E-state index in [1.165, 1.54) is 18.9 Å². The van der Waals surface area contributed by atoms with E-state index in [4.69, 9.17) is 0 Å². The number of esters is 1. The van der Waals surface area contributed by atoms with Gasteiger partial charge in [0.25, 0.3) is 0 Å². The molecule has 0 bridgehead atoms. The summed E-state index contributed by atoms with van der Waals surface area (Å²) in [6.07, 6.45) is 2.13. The lowest BCUT2D eigenvalue weighted by molar-refractivity contribution is -0.132. The molecule has 1 atom stereocenters. The van der Waals surface area contributed by atoms with Crippen molar-refractivity contribution in [3.05, 3.63) is 29.8 Å². The molecule has 0 N–H and O–H groups in total. The fourth-order valence-electron chi connectivity index (χ4n) is 2.93. The molecule has 130 valence electrons. The summed E-state index contributed by atoms with van der Waals surface area (Å²) >= 11 is 0. The summed E-state index contributed by atoms with van der Waals surface area (Å²) < 4.78 is 4.66. The molecule has 0 aliphatic carbocycles. The van der Waals surface area contributed by atoms with Gasteiger partial charge in [0.05, 0.1) is 12.7 Å². The number of anilines is 1. The van der Waals surface area contributed by atoms with E-state index >= 15 is 0 Å². The third kappa shape index (κ3) is 4.34. The monoisotopic (exact) mass is 332 g/mol. The third-order valence-corrected chi connectivity index (χ3v) is 4.28. The number of methoxy groups -OCH3 is 1. The number of nitrogens with zero attached hydrogens (tertiary/aromatic N) is 2. The molecule has 1 fully saturated rings. The van der Waals surface area contributed by atoms with Crippen molar-refractivity contribution in [2.24, 2.45) is 5.92 Å². The van der Waals surface area contributed by atoms with Crippen molar-refractivity contribution in [2.75, 3.05) is 31.6 Å². The minimum Gasteiger partial charge on any atom is -0.465 e. The summed E-state index contributed by atoms with van der Waals surface area (Å²) in [6.45, 7) is 5.07. The van der Waals surface area contributed by atoms with Gasteiger partial charge in [-0.2, -0.15) is 0 Å². The summed E-state index contributed by atoms with van der Waals surface area (Å²) in [7, 11) is 1.32. The number of rotatable bonds is 4. The van der Waals surface area contributed by atoms with E-state index in [2.05, 4.69) is 11.7 Å². The van der Waals surface area contributed by atoms with Gasteiger partial charge in [-0.1, -0.05) is 6.92 Å². The van der Waals surface area contributed by atoms with Crippen LogP contribution in [0, 0.1) is 5.92 Å². The molecule has 1 unspecified atom stereocenters. The number of carbonyl (C=O) groups excluding carboxylic acids is 3. The van der Waals surface area contributed by atoms with Crippen molar-refractivity contribution in [1.29, 1.82) is 0 Å². The van der Waals surface area contributed by atoms with Crippen molar-refractivity contribution >= 4 is 23.5 Å². The SMILES string of the molecule is COC(=O)c1ccc(N(CC(=O)N2CCCC(C)C2)C(C)=O)cc1. The van der Waals surface area contributed by atoms with Crippen LogP contribution >= 0.6 is 0 Å². The number of likely N-dealkylation sites (tertiary alicyclic amines) is 1. The number of hydrogen-bond donors (Lipinski definition) is 0. The molecule has 6 heteroatoms. The van der Waals surface area contributed by atoms with Crippen molar-refractivity contribution in [2.45, 2.75) is 26.7 Å². The molecule has 1 saturated heterocycles. The molecule has 1 aromatic carbocycles. The Morgan fingerprint density at radius 3 is 2.46 bits per heavy atom. The molecule has 6 nitrogen and oxygen atoms in total. The molecule has 1 aromatic rings. The predicted molar refractivity (Wildman–Crippen MR) is 90.8 cm³/mol. The lowest BCUT2D eigenvalue weighted by Gasteiger charge is -2.32. The normalized spacial score (nSPS) is 17.3. The highest BCUT2D eigenvalue weighted by Crippen LogP contribution is 2.19. The first-order valence-corrected chi connectivity index (χ1v) is 8.16. The summed E-state index contributed by atoms with van der Waals surface area (Å²) in [5, 5.41) is 0. The lowest BCUT2D eigenvalue weighted by Crippen LogP contribution is -2.46. The van der Waals surface area contributed by atoms with E-state index in [9.17, 15) is 14.4 Å². The summed E-state index contributed by atoms with van der Waals surface area (Å²) in [4.78, 5) is 39.2. The van der Waals surface area contributed by atoms with E-state index in [0.29, 0.717) is 17.2 Å². The van der Waals surface area contributed by atoms with Crippen molar-refractivity contribution in [3.8, 4) is 0 Å². The van der Waals surface area contributed by atoms with Crippen LogP contribution in [0.15, 0.2) is 24.3 Å². The Morgan fingerprint density at radius 1 is 1.25 bits per heavy atom. The summed E-state index contributed by atoms with van der Waals surface area (Å²) in [5.41, 5.74) is 0.995. The van der Waals surface area contributed by atoms with Gasteiger partial charge >= 0.3 is 5.97 Å². The summed E-state index contributed by atoms with van der Waals surface area (Å²) in [6, 6.07) is 6.48. The average molecular weight is 332 g/mol. The highest BCUT2D eigenvalue weighted by Gasteiger charge is 2.24. The Hall–Kier alpha value is -2.37. The third-order valence-electron chi connectivity index (χ3n) is 4.28. The quantitative estimate of drug-likeness (QED) is 0.792. The highest BCUT2D eigenvalue weighted by molar-refractivity contribution is 5.98. The Bertz CT molecular complexity index is 612. The highest BCUT2D eigenvalue weighted by atomic mass is 16.5. The van der Waals surface area contributed by atoms with Gasteiger partial charge in [-0.3, -0.25) is 9.59 Å². The first kappa shape index (κ1) is 18.0. The second-order valence-corrected chi connectivity index (χ2v) is 6.23. The van der Waals surface area contributed by atoms with E-state index in [1.807, 2.05) is 4.90 Å². The Balaban J connectivity index is 2.10. The van der Waals surface area contributed by atoms with E-state index in [-0.39, 0.29) is 18.4 Å². The molecular formula is C18H24N2O4. The molecule has 0 aromatic heterocycles. The van der Waals surface area contributed by atoms with Crippen molar-refractivity contribution in [1.82, 2.24) is 4.90 Å². The number of amides is 2. The molecule has 1 aliphatic heterocycles. The number of ether oxygens (including phenoxy) is 1. The molecular weight excluding hydrogens is 308 g/mol. The van der Waals surface area contributed by atoms with Crippen LogP contribution in [0.4, 0.5) is 5.69 Å². The second kappa shape index (κ2) is 7.95. The van der Waals surface area contributed by atoms with Crippen LogP contribution in [0.2, 0.25) is 0 Å². The maximum absolute atomic E-state index is 12.5. The van der Waals surface area contributed by atoms with Crippen LogP contribution in [-0.2, 0) is 14.3 Å². The number of benzene rings is 1. The second-order valence-electron chi connectivity index (χ2n) is 6.23. The Kier molecular flexibility index (Phi) is 5.95. The fourth-order valence-corrected chi connectivity index (χ4v) is 2.93. The van der Waals surface area contributed by atoms with Crippen molar-refractivity contribution in [3.63, 3.8) is 0 Å². The first-order valence-electron chi connectivity index (χ1n) is 8.16. The molecule has 0 spiro atoms. The zero-order valence-corrected chi connectivity index (χ0v) is 14.4. The molecule has 2 rings (SSSR count). The van der Waals surface area contributed by atoms with Gasteiger partial charge in [0.1, 0.15) is 6.54 Å². The number of piperidine rings is 1. The zero-order valence-electron chi connectivity index (χ0n) is 14.4. The minimum absolute atomic E-state index is 0.0135. The smallest absolute Gasteiger partial charge is 0.337 e. The lowest BCUT2D eigenvalue weighted by atomic mass is 10.0. The minimum atomic E-state index is -0.436.